The van der Waals surface area contributed by atoms with E-state index in [1.165, 1.54) is 5.57 Å². The Kier molecular flexibility index (Phi) is 5.48. The van der Waals surface area contributed by atoms with Crippen LogP contribution in [0.4, 0.5) is 0 Å². The van der Waals surface area contributed by atoms with Crippen molar-refractivity contribution in [1.29, 1.82) is 0 Å². The van der Waals surface area contributed by atoms with Gasteiger partial charge in [0.25, 0.3) is 0 Å². The molecule has 2 fully saturated rings. The molecular formula is C24H35NO5. The first-order valence-corrected chi connectivity index (χ1v) is 11.3. The predicted octanol–water partition coefficient (Wildman–Crippen LogP) is 2.14. The Morgan fingerprint density at radius 1 is 1.23 bits per heavy atom. The number of fused-ring (bicyclic) bond motifs is 1. The number of epoxide rings is 1. The molecule has 1 unspecified atom stereocenters. The quantitative estimate of drug-likeness (QED) is 0.363. The topological polar surface area (TPSA) is 99.2 Å². The van der Waals surface area contributed by atoms with Crippen molar-refractivity contribution < 1.29 is 24.5 Å². The average Bonchev–Trinajstić information content (AvgIpc) is 3.41. The van der Waals surface area contributed by atoms with Crippen LogP contribution in [0, 0.1) is 29.1 Å². The molecule has 2 aliphatic carbocycles. The number of rotatable bonds is 2. The van der Waals surface area contributed by atoms with E-state index in [9.17, 15) is 19.8 Å². The van der Waals surface area contributed by atoms with Gasteiger partial charge >= 0.3 is 0 Å². The number of nitrogens with one attached hydrogen (secondary N) is 1. The van der Waals surface area contributed by atoms with Crippen LogP contribution < -0.4 is 5.32 Å². The number of aliphatic hydroxyl groups is 2. The molecule has 0 saturated carbocycles. The first-order chi connectivity index (χ1) is 14.1. The summed E-state index contributed by atoms with van der Waals surface area (Å²) in [6, 6.07) is -0.0749. The minimum Gasteiger partial charge on any atom is -0.390 e. The van der Waals surface area contributed by atoms with Crippen molar-refractivity contribution in [2.75, 3.05) is 0 Å². The zero-order valence-corrected chi connectivity index (χ0v) is 18.6. The molecule has 2 heterocycles. The number of Topliss-reactive ketones (excluding diaryl/α,β-unsaturated/α-hetero) is 1. The SMILES string of the molecule is CC1=CC2/C=C(\C)CC[C@@H](O)[C@@H](O)[C@@H]3O[C@@H]3C(=O)[C@]23C(=O)N[C@@H](CC(C)C)[C@@H]3[C@@H]1C. The summed E-state index contributed by atoms with van der Waals surface area (Å²) in [6.07, 6.45) is 2.29. The minimum absolute atomic E-state index is 0.0749. The van der Waals surface area contributed by atoms with E-state index in [1.54, 1.807) is 0 Å². The molecule has 1 amide bonds. The third-order valence-corrected chi connectivity index (χ3v) is 7.82. The van der Waals surface area contributed by atoms with Crippen LogP contribution in [0.2, 0.25) is 0 Å². The summed E-state index contributed by atoms with van der Waals surface area (Å²) in [5, 5.41) is 24.0. The summed E-state index contributed by atoms with van der Waals surface area (Å²) < 4.78 is 5.61. The molecule has 0 aromatic carbocycles. The first kappa shape index (κ1) is 21.7. The largest absolute Gasteiger partial charge is 0.390 e. The Labute approximate surface area is 178 Å². The normalized spacial score (nSPS) is 47.9. The van der Waals surface area contributed by atoms with Crippen LogP contribution in [0.5, 0.6) is 0 Å². The highest BCUT2D eigenvalue weighted by atomic mass is 16.6. The fourth-order valence-corrected chi connectivity index (χ4v) is 6.13. The third kappa shape index (κ3) is 3.19. The van der Waals surface area contributed by atoms with Crippen LogP contribution in [0.15, 0.2) is 23.3 Å². The molecule has 9 atom stereocenters. The molecule has 166 valence electrons. The molecule has 30 heavy (non-hydrogen) atoms. The van der Waals surface area contributed by atoms with E-state index in [2.05, 4.69) is 39.1 Å². The van der Waals surface area contributed by atoms with Crippen LogP contribution in [-0.2, 0) is 14.3 Å². The van der Waals surface area contributed by atoms with Crippen LogP contribution in [0.1, 0.15) is 53.9 Å². The highest BCUT2D eigenvalue weighted by Gasteiger charge is 2.70. The molecule has 4 aliphatic rings. The van der Waals surface area contributed by atoms with Gasteiger partial charge in [-0.15, -0.1) is 0 Å². The van der Waals surface area contributed by atoms with E-state index in [1.807, 2.05) is 13.0 Å². The lowest BCUT2D eigenvalue weighted by atomic mass is 9.54. The molecule has 1 spiro atoms. The second-order valence-corrected chi connectivity index (χ2v) is 10.3. The second kappa shape index (κ2) is 7.57. The predicted molar refractivity (Wildman–Crippen MR) is 112 cm³/mol. The molecule has 0 aromatic heterocycles. The first-order valence-electron chi connectivity index (χ1n) is 11.3. The van der Waals surface area contributed by atoms with E-state index < -0.39 is 29.8 Å². The van der Waals surface area contributed by atoms with Gasteiger partial charge in [-0.05, 0) is 44.9 Å². The van der Waals surface area contributed by atoms with Crippen molar-refractivity contribution in [1.82, 2.24) is 5.32 Å². The third-order valence-electron chi connectivity index (χ3n) is 7.82. The van der Waals surface area contributed by atoms with E-state index in [0.29, 0.717) is 18.8 Å². The molecular weight excluding hydrogens is 382 g/mol. The van der Waals surface area contributed by atoms with Crippen molar-refractivity contribution >= 4 is 11.7 Å². The Bertz CT molecular complexity index is 801. The highest BCUT2D eigenvalue weighted by Crippen LogP contribution is 2.57. The van der Waals surface area contributed by atoms with Gasteiger partial charge in [-0.2, -0.15) is 0 Å². The molecule has 3 N–H and O–H groups in total. The molecule has 6 heteroatoms. The Hall–Kier alpha value is -1.50. The van der Waals surface area contributed by atoms with Crippen LogP contribution in [0.3, 0.4) is 0 Å². The van der Waals surface area contributed by atoms with Crippen molar-refractivity contribution in [3.05, 3.63) is 23.3 Å². The number of hydrogen-bond donors (Lipinski definition) is 3. The summed E-state index contributed by atoms with van der Waals surface area (Å²) in [6.45, 7) is 10.4. The monoisotopic (exact) mass is 417 g/mol. The minimum atomic E-state index is -1.23. The lowest BCUT2D eigenvalue weighted by molar-refractivity contribution is -0.146. The van der Waals surface area contributed by atoms with E-state index in [-0.39, 0.29) is 35.5 Å². The molecule has 2 aliphatic heterocycles. The van der Waals surface area contributed by atoms with Gasteiger partial charge in [0.2, 0.25) is 5.91 Å². The van der Waals surface area contributed by atoms with Gasteiger partial charge in [-0.25, -0.2) is 0 Å². The van der Waals surface area contributed by atoms with Gasteiger partial charge in [-0.3, -0.25) is 9.59 Å². The van der Waals surface area contributed by atoms with Crippen LogP contribution >= 0.6 is 0 Å². The summed E-state index contributed by atoms with van der Waals surface area (Å²) in [5.41, 5.74) is 0.993. The maximum absolute atomic E-state index is 14.0. The van der Waals surface area contributed by atoms with Gasteiger partial charge in [0.15, 0.2) is 5.78 Å². The standard InChI is InChI=1S/C24H35NO5/c1-11(2)8-16-18-14(5)13(4)10-15-9-12(3)6-7-17(26)19(27)20-21(30-20)22(28)24(15,18)23(29)25-16/h9-11,14-21,26-27H,6-8H2,1-5H3,(H,25,29)/b12-9+/t14-,15?,16+,17-,18+,19-,20+,21+,24+/m1/s1. The Morgan fingerprint density at radius 3 is 2.60 bits per heavy atom. The average molecular weight is 418 g/mol. The van der Waals surface area contributed by atoms with Gasteiger partial charge in [0.1, 0.15) is 23.7 Å². The summed E-state index contributed by atoms with van der Waals surface area (Å²) >= 11 is 0. The van der Waals surface area contributed by atoms with Crippen molar-refractivity contribution in [3.8, 4) is 0 Å². The van der Waals surface area contributed by atoms with E-state index in [4.69, 9.17) is 4.74 Å². The van der Waals surface area contributed by atoms with Crippen molar-refractivity contribution in [2.45, 2.75) is 84.3 Å². The smallest absolute Gasteiger partial charge is 0.235 e. The zero-order valence-electron chi connectivity index (χ0n) is 18.6. The molecule has 0 bridgehead atoms. The van der Waals surface area contributed by atoms with Crippen LogP contribution in [0.25, 0.3) is 0 Å². The maximum Gasteiger partial charge on any atom is 0.235 e. The molecule has 4 rings (SSSR count). The van der Waals surface area contributed by atoms with Crippen LogP contribution in [-0.4, -0.2) is 52.4 Å². The summed E-state index contributed by atoms with van der Waals surface area (Å²) in [5.74, 6) is -0.485. The molecule has 0 aromatic rings. The maximum atomic E-state index is 14.0. The van der Waals surface area contributed by atoms with Gasteiger partial charge in [0, 0.05) is 17.9 Å². The van der Waals surface area contributed by atoms with Gasteiger partial charge < -0.3 is 20.3 Å². The number of carbonyl (C=O) groups excluding carboxylic acids is 2. The molecule has 0 radical (unpaired) electrons. The lowest BCUT2D eigenvalue weighted by Gasteiger charge is -2.44. The van der Waals surface area contributed by atoms with Gasteiger partial charge in [-0.1, -0.05) is 44.1 Å². The number of amides is 1. The number of aliphatic hydroxyl groups excluding tert-OH is 2. The highest BCUT2D eigenvalue weighted by molar-refractivity contribution is 6.12. The number of hydrogen-bond acceptors (Lipinski definition) is 5. The number of carbonyl (C=O) groups is 2. The Morgan fingerprint density at radius 2 is 1.93 bits per heavy atom. The fourth-order valence-electron chi connectivity index (χ4n) is 6.13. The van der Waals surface area contributed by atoms with E-state index in [0.717, 1.165) is 12.0 Å². The van der Waals surface area contributed by atoms with Gasteiger partial charge in [0.05, 0.1) is 6.10 Å². The van der Waals surface area contributed by atoms with Crippen molar-refractivity contribution in [3.63, 3.8) is 0 Å². The zero-order chi connectivity index (χ0) is 22.0. The summed E-state index contributed by atoms with van der Waals surface area (Å²) in [7, 11) is 0. The Balaban J connectivity index is 1.87. The fraction of sp³-hybridized carbons (Fsp3) is 0.750. The van der Waals surface area contributed by atoms with E-state index >= 15 is 0 Å². The second-order valence-electron chi connectivity index (χ2n) is 10.3. The summed E-state index contributed by atoms with van der Waals surface area (Å²) in [4.78, 5) is 27.6. The number of ketones is 1. The molecule has 2 saturated heterocycles. The number of allylic oxidation sites excluding steroid dienone is 4. The van der Waals surface area contributed by atoms with Crippen molar-refractivity contribution in [2.24, 2.45) is 29.1 Å². The lowest BCUT2D eigenvalue weighted by Crippen LogP contribution is -2.54. The number of ether oxygens (including phenoxy) is 1. The molecule has 6 nitrogen and oxygen atoms in total.